The first-order valence-corrected chi connectivity index (χ1v) is 3.13. The Hall–Kier alpha value is -0.710. The molecule has 1 aromatic carbocycles. The summed E-state index contributed by atoms with van der Waals surface area (Å²) in [7, 11) is 0. The molecule has 2 rings (SSSR count). The topological polar surface area (TPSA) is 36.0 Å². The average molecular weight is 261 g/mol. The number of aromatic nitrogens is 1. The van der Waals surface area contributed by atoms with Crippen LogP contribution in [0.1, 0.15) is 0 Å². The van der Waals surface area contributed by atoms with E-state index < -0.39 is 0 Å². The van der Waals surface area contributed by atoms with Crippen LogP contribution in [0.5, 0.6) is 5.88 Å². The Labute approximate surface area is 81.3 Å². The van der Waals surface area contributed by atoms with Crippen LogP contribution in [-0.4, -0.2) is 10.1 Å². The summed E-state index contributed by atoms with van der Waals surface area (Å²) < 4.78 is 0. The maximum absolute atomic E-state index is 9.00. The smallest absolute Gasteiger partial charge is 0.189 e. The zero-order valence-corrected chi connectivity index (χ0v) is 8.07. The minimum Gasteiger partial charge on any atom is -0.495 e. The highest BCUT2D eigenvalue weighted by Crippen LogP contribution is 2.17. The number of aromatic amines is 1. The van der Waals surface area contributed by atoms with Crippen LogP contribution in [0.15, 0.2) is 30.3 Å². The summed E-state index contributed by atoms with van der Waals surface area (Å²) in [5, 5.41) is 10.0. The number of hydrogen-bond donors (Lipinski definition) is 2. The number of hydrogen-bond acceptors (Lipinski definition) is 1. The molecule has 2 aromatic rings. The second-order valence-corrected chi connectivity index (χ2v) is 2.24. The number of halogens is 1. The second kappa shape index (κ2) is 3.13. The fraction of sp³-hybridized carbons (Fsp3) is 0. The predicted molar refractivity (Wildman–Crippen MR) is 55.4 cm³/mol. The molecule has 0 saturated carbocycles. The van der Waals surface area contributed by atoms with Crippen LogP contribution in [0.3, 0.4) is 0 Å². The summed E-state index contributed by atoms with van der Waals surface area (Å²) in [4.78, 5) is 2.81. The van der Waals surface area contributed by atoms with Crippen molar-refractivity contribution < 1.29 is 5.11 Å². The molecule has 0 aliphatic rings. The summed E-state index contributed by atoms with van der Waals surface area (Å²) in [6.07, 6.45) is 0. The van der Waals surface area contributed by atoms with Crippen molar-refractivity contribution in [3.05, 3.63) is 30.3 Å². The lowest BCUT2D eigenvalue weighted by Gasteiger charge is -1.83. The molecule has 3 heteroatoms. The summed E-state index contributed by atoms with van der Waals surface area (Å²) >= 11 is 0. The van der Waals surface area contributed by atoms with E-state index in [0.29, 0.717) is 0 Å². The Morgan fingerprint density at radius 1 is 1.18 bits per heavy atom. The van der Waals surface area contributed by atoms with Gasteiger partial charge in [0.05, 0.1) is 0 Å². The van der Waals surface area contributed by atoms with Gasteiger partial charge in [0, 0.05) is 17.0 Å². The van der Waals surface area contributed by atoms with Gasteiger partial charge < -0.3 is 10.1 Å². The van der Waals surface area contributed by atoms with E-state index in [4.69, 9.17) is 5.11 Å². The van der Waals surface area contributed by atoms with Gasteiger partial charge in [-0.25, -0.2) is 0 Å². The van der Waals surface area contributed by atoms with E-state index in [1.165, 1.54) is 0 Å². The van der Waals surface area contributed by atoms with Gasteiger partial charge in [0.1, 0.15) is 0 Å². The number of rotatable bonds is 0. The van der Waals surface area contributed by atoms with Crippen molar-refractivity contribution >= 4 is 34.9 Å². The molecule has 0 fully saturated rings. The summed E-state index contributed by atoms with van der Waals surface area (Å²) in [6.45, 7) is 0. The third kappa shape index (κ3) is 1.48. The van der Waals surface area contributed by atoms with Crippen molar-refractivity contribution in [1.82, 2.24) is 4.98 Å². The van der Waals surface area contributed by atoms with E-state index in [1.54, 1.807) is 6.07 Å². The van der Waals surface area contributed by atoms with Gasteiger partial charge in [-0.15, -0.1) is 24.0 Å². The molecule has 1 aromatic heterocycles. The van der Waals surface area contributed by atoms with Crippen molar-refractivity contribution in [2.75, 3.05) is 0 Å². The number of nitrogens with one attached hydrogen (secondary N) is 1. The molecule has 2 N–H and O–H groups in total. The minimum absolute atomic E-state index is 0. The van der Waals surface area contributed by atoms with Gasteiger partial charge >= 0.3 is 0 Å². The summed E-state index contributed by atoms with van der Waals surface area (Å²) in [5.41, 5.74) is 0.972. The van der Waals surface area contributed by atoms with E-state index in [0.717, 1.165) is 10.9 Å². The van der Waals surface area contributed by atoms with Crippen LogP contribution < -0.4 is 0 Å². The monoisotopic (exact) mass is 261 g/mol. The number of benzene rings is 1. The minimum atomic E-state index is 0. The van der Waals surface area contributed by atoms with E-state index >= 15 is 0 Å². The molecule has 1 heterocycles. The highest BCUT2D eigenvalue weighted by molar-refractivity contribution is 14.0. The van der Waals surface area contributed by atoms with Crippen LogP contribution in [-0.2, 0) is 0 Å². The molecular formula is C8H8INO. The van der Waals surface area contributed by atoms with Crippen LogP contribution in [0.4, 0.5) is 0 Å². The van der Waals surface area contributed by atoms with Crippen molar-refractivity contribution in [2.45, 2.75) is 0 Å². The zero-order valence-electron chi connectivity index (χ0n) is 5.74. The van der Waals surface area contributed by atoms with Crippen LogP contribution in [0, 0.1) is 0 Å². The summed E-state index contributed by atoms with van der Waals surface area (Å²) in [5.74, 6) is 0.223. The zero-order chi connectivity index (χ0) is 6.97. The van der Waals surface area contributed by atoms with Gasteiger partial charge in [0.25, 0.3) is 0 Å². The van der Waals surface area contributed by atoms with Crippen LogP contribution in [0.25, 0.3) is 10.9 Å². The number of H-pyrrole nitrogens is 1. The van der Waals surface area contributed by atoms with Gasteiger partial charge in [0.2, 0.25) is 0 Å². The third-order valence-corrected chi connectivity index (χ3v) is 1.52. The molecular weight excluding hydrogens is 253 g/mol. The maximum Gasteiger partial charge on any atom is 0.189 e. The van der Waals surface area contributed by atoms with Gasteiger partial charge in [-0.2, -0.15) is 0 Å². The SMILES string of the molecule is I.Oc1cc2ccccc2[nH]1. The highest BCUT2D eigenvalue weighted by Gasteiger charge is 1.94. The molecule has 0 spiro atoms. The second-order valence-electron chi connectivity index (χ2n) is 2.24. The first-order valence-electron chi connectivity index (χ1n) is 3.13. The quantitative estimate of drug-likeness (QED) is 0.702. The lowest BCUT2D eigenvalue weighted by molar-refractivity contribution is 0.458. The molecule has 0 radical (unpaired) electrons. The van der Waals surface area contributed by atoms with Crippen LogP contribution in [0.2, 0.25) is 0 Å². The van der Waals surface area contributed by atoms with Crippen LogP contribution >= 0.6 is 24.0 Å². The molecule has 0 atom stereocenters. The fourth-order valence-electron chi connectivity index (χ4n) is 1.06. The van der Waals surface area contributed by atoms with Gasteiger partial charge in [-0.05, 0) is 6.07 Å². The molecule has 0 unspecified atom stereocenters. The maximum atomic E-state index is 9.00. The van der Waals surface area contributed by atoms with Gasteiger partial charge in [-0.1, -0.05) is 18.2 Å². The van der Waals surface area contributed by atoms with Crippen molar-refractivity contribution in [3.8, 4) is 5.88 Å². The van der Waals surface area contributed by atoms with Crippen molar-refractivity contribution in [2.24, 2.45) is 0 Å². The lowest BCUT2D eigenvalue weighted by Crippen LogP contribution is -1.62. The molecule has 11 heavy (non-hydrogen) atoms. The molecule has 0 amide bonds. The molecule has 58 valence electrons. The fourth-order valence-corrected chi connectivity index (χ4v) is 1.06. The predicted octanol–water partition coefficient (Wildman–Crippen LogP) is 2.49. The summed E-state index contributed by atoms with van der Waals surface area (Å²) in [6, 6.07) is 9.45. The Kier molecular flexibility index (Phi) is 2.38. The van der Waals surface area contributed by atoms with E-state index in [-0.39, 0.29) is 29.9 Å². The molecule has 0 aliphatic heterocycles. The average Bonchev–Trinajstić information content (AvgIpc) is 2.27. The Morgan fingerprint density at radius 2 is 1.91 bits per heavy atom. The van der Waals surface area contributed by atoms with Crippen molar-refractivity contribution in [1.29, 1.82) is 0 Å². The number of para-hydroxylation sites is 1. The van der Waals surface area contributed by atoms with E-state index in [2.05, 4.69) is 4.98 Å². The molecule has 2 nitrogen and oxygen atoms in total. The van der Waals surface area contributed by atoms with E-state index in [9.17, 15) is 0 Å². The number of aromatic hydroxyl groups is 1. The Bertz CT molecular complexity index is 323. The largest absolute Gasteiger partial charge is 0.495 e. The number of fused-ring (bicyclic) bond motifs is 1. The Balaban J connectivity index is 0.000000605. The van der Waals surface area contributed by atoms with Gasteiger partial charge in [-0.3, -0.25) is 0 Å². The standard InChI is InChI=1S/C8H7NO.HI/c10-8-5-6-3-1-2-4-7(6)9-8;/h1-5,9-10H;1H. The van der Waals surface area contributed by atoms with Crippen molar-refractivity contribution in [3.63, 3.8) is 0 Å². The molecule has 0 aliphatic carbocycles. The normalized spacial score (nSPS) is 9.45. The first-order chi connectivity index (χ1) is 4.86. The molecule has 0 bridgehead atoms. The highest BCUT2D eigenvalue weighted by atomic mass is 127. The third-order valence-electron chi connectivity index (χ3n) is 1.52. The lowest BCUT2D eigenvalue weighted by atomic mass is 10.3. The van der Waals surface area contributed by atoms with Gasteiger partial charge in [0.15, 0.2) is 5.88 Å². The Morgan fingerprint density at radius 3 is 2.64 bits per heavy atom. The molecule has 0 saturated heterocycles. The first kappa shape index (κ1) is 8.39. The van der Waals surface area contributed by atoms with E-state index in [1.807, 2.05) is 24.3 Å².